The Morgan fingerprint density at radius 2 is 1.51 bits per heavy atom. The predicted octanol–water partition coefficient (Wildman–Crippen LogP) is 8.28. The molecule has 0 aliphatic rings. The van der Waals surface area contributed by atoms with Gasteiger partial charge in [0.15, 0.2) is 20.9 Å². The molecule has 5 rings (SSSR count). The Morgan fingerprint density at radius 3 is 2.27 bits per heavy atom. The number of esters is 1. The fourth-order valence-corrected chi connectivity index (χ4v) is 7.10. The molecule has 210 valence electrons. The summed E-state index contributed by atoms with van der Waals surface area (Å²) < 4.78 is 18.9. The van der Waals surface area contributed by atoms with Crippen LogP contribution in [0.25, 0.3) is 36.2 Å². The maximum atomic E-state index is 13.6. The van der Waals surface area contributed by atoms with Crippen LogP contribution >= 0.6 is 10.5 Å². The van der Waals surface area contributed by atoms with Crippen molar-refractivity contribution < 1.29 is 19.0 Å². The van der Waals surface area contributed by atoms with E-state index in [0.717, 1.165) is 38.3 Å². The van der Waals surface area contributed by atoms with E-state index < -0.39 is 16.4 Å². The third-order valence-corrected chi connectivity index (χ3v) is 9.36. The molecule has 0 aliphatic heterocycles. The van der Waals surface area contributed by atoms with E-state index in [9.17, 15) is 9.59 Å². The Morgan fingerprint density at radius 1 is 0.805 bits per heavy atom. The van der Waals surface area contributed by atoms with Crippen molar-refractivity contribution in [1.29, 1.82) is 0 Å². The molecule has 0 saturated heterocycles. The summed E-state index contributed by atoms with van der Waals surface area (Å²) in [6, 6.07) is 32.2. The topological polar surface area (TPSA) is 61.8 Å². The van der Waals surface area contributed by atoms with Crippen molar-refractivity contribution in [3.05, 3.63) is 107 Å². The molecule has 5 nitrogen and oxygen atoms in total. The second-order valence-electron chi connectivity index (χ2n) is 9.92. The standard InChI is InChI=1S/C35H35O5S/c1-3-5-21-38-23-27(4-2)40-34(36)24-39-28-17-20-33-31(22-28)35(37)30-13-9-10-14-32(30)41(33)29-18-15-26(16-19-29)25-11-7-6-8-12-25/h6-20,22,27H,3-5,21,23-24H2,1-2H3/q+1. The van der Waals surface area contributed by atoms with Gasteiger partial charge in [0, 0.05) is 23.1 Å². The van der Waals surface area contributed by atoms with Crippen LogP contribution in [0, 0.1) is 0 Å². The van der Waals surface area contributed by atoms with E-state index in [1.165, 1.54) is 0 Å². The maximum absolute atomic E-state index is 13.6. The second-order valence-corrected chi connectivity index (χ2v) is 11.9. The van der Waals surface area contributed by atoms with Crippen LogP contribution in [0.2, 0.25) is 0 Å². The highest BCUT2D eigenvalue weighted by atomic mass is 32.2. The molecule has 5 aromatic rings. The Hall–Kier alpha value is -4.00. The molecule has 0 radical (unpaired) electrons. The predicted molar refractivity (Wildman–Crippen MR) is 168 cm³/mol. The van der Waals surface area contributed by atoms with Crippen LogP contribution in [0.5, 0.6) is 5.75 Å². The Kier molecular flexibility index (Phi) is 9.44. The van der Waals surface area contributed by atoms with Crippen LogP contribution in [-0.2, 0) is 14.3 Å². The quantitative estimate of drug-likeness (QED) is 0.0657. The third-order valence-electron chi connectivity index (χ3n) is 7.02. The van der Waals surface area contributed by atoms with Gasteiger partial charge in [0.1, 0.15) is 11.9 Å². The molecule has 6 heteroatoms. The smallest absolute Gasteiger partial charge is 0.344 e. The third kappa shape index (κ3) is 6.67. The van der Waals surface area contributed by atoms with E-state index >= 15 is 0 Å². The lowest BCUT2D eigenvalue weighted by molar-refractivity contribution is -0.154. The molecule has 2 unspecified atom stereocenters. The molecule has 0 amide bonds. The van der Waals surface area contributed by atoms with Crippen LogP contribution in [0.1, 0.15) is 33.1 Å². The molecule has 0 bridgehead atoms. The Balaban J connectivity index is 1.41. The zero-order valence-corrected chi connectivity index (χ0v) is 24.3. The van der Waals surface area contributed by atoms with Gasteiger partial charge in [-0.25, -0.2) is 4.79 Å². The summed E-state index contributed by atoms with van der Waals surface area (Å²) in [5.41, 5.74) is 2.27. The summed E-state index contributed by atoms with van der Waals surface area (Å²) in [5.74, 6) is 0.00671. The van der Waals surface area contributed by atoms with E-state index in [-0.39, 0.29) is 18.1 Å². The lowest BCUT2D eigenvalue weighted by Crippen LogP contribution is -2.26. The summed E-state index contributed by atoms with van der Waals surface area (Å²) >= 11 is 0. The number of fused-ring (bicyclic) bond motifs is 2. The lowest BCUT2D eigenvalue weighted by Gasteiger charge is -2.16. The molecule has 2 atom stereocenters. The summed E-state index contributed by atoms with van der Waals surface area (Å²) in [5, 5.41) is 1.29. The van der Waals surface area contributed by atoms with Gasteiger partial charge in [-0.1, -0.05) is 62.7 Å². The number of benzene rings is 4. The molecule has 1 aromatic heterocycles. The molecule has 0 spiro atoms. The van der Waals surface area contributed by atoms with Crippen molar-refractivity contribution in [3.8, 4) is 21.8 Å². The van der Waals surface area contributed by atoms with Gasteiger partial charge in [-0.2, -0.15) is 0 Å². The van der Waals surface area contributed by atoms with Crippen LogP contribution in [0.15, 0.2) is 102 Å². The van der Waals surface area contributed by atoms with Crippen LogP contribution in [0.4, 0.5) is 0 Å². The summed E-state index contributed by atoms with van der Waals surface area (Å²) in [4.78, 5) is 27.2. The van der Waals surface area contributed by atoms with Crippen molar-refractivity contribution >= 4 is 36.6 Å². The Bertz CT molecular complexity index is 1680. The molecule has 1 heterocycles. The van der Waals surface area contributed by atoms with Gasteiger partial charge in [0.2, 0.25) is 5.43 Å². The van der Waals surface area contributed by atoms with E-state index in [2.05, 4.69) is 43.3 Å². The van der Waals surface area contributed by atoms with Gasteiger partial charge in [0.05, 0.1) is 17.4 Å². The van der Waals surface area contributed by atoms with Crippen LogP contribution in [0.3, 0.4) is 0 Å². The largest absolute Gasteiger partial charge is 0.482 e. The van der Waals surface area contributed by atoms with E-state index in [1.807, 2.05) is 61.5 Å². The zero-order valence-electron chi connectivity index (χ0n) is 23.5. The second kappa shape index (κ2) is 13.6. The van der Waals surface area contributed by atoms with Crippen LogP contribution < -0.4 is 10.2 Å². The molecule has 4 aromatic carbocycles. The highest BCUT2D eigenvalue weighted by Gasteiger charge is 2.23. The molecule has 0 N–H and O–H groups in total. The van der Waals surface area contributed by atoms with Gasteiger partial charge in [-0.3, -0.25) is 4.79 Å². The van der Waals surface area contributed by atoms with Crippen molar-refractivity contribution in [2.75, 3.05) is 19.8 Å². The van der Waals surface area contributed by atoms with E-state index in [0.29, 0.717) is 36.2 Å². The number of carbonyl (C=O) groups is 1. The van der Waals surface area contributed by atoms with Gasteiger partial charge in [0.25, 0.3) is 0 Å². The Labute approximate surface area is 243 Å². The number of hydrogen-bond donors (Lipinski definition) is 0. The van der Waals surface area contributed by atoms with Gasteiger partial charge in [-0.15, -0.1) is 0 Å². The van der Waals surface area contributed by atoms with Crippen molar-refractivity contribution in [3.63, 3.8) is 0 Å². The average molecular weight is 568 g/mol. The van der Waals surface area contributed by atoms with Crippen LogP contribution in [-0.4, -0.2) is 31.9 Å². The number of unbranched alkanes of at least 4 members (excludes halogenated alkanes) is 1. The first-order chi connectivity index (χ1) is 20.1. The monoisotopic (exact) mass is 567 g/mol. The molecule has 41 heavy (non-hydrogen) atoms. The fraction of sp³-hybridized carbons (Fsp3) is 0.257. The van der Waals surface area contributed by atoms with Crippen molar-refractivity contribution in [1.82, 2.24) is 0 Å². The minimum atomic E-state index is -0.460. The van der Waals surface area contributed by atoms with E-state index in [1.54, 1.807) is 6.07 Å². The number of carbonyl (C=O) groups excluding carboxylic acids is 1. The lowest BCUT2D eigenvalue weighted by atomic mass is 10.1. The SMILES string of the molecule is CCCCOCC(CC)OC(=O)COc1ccc2c(c1)c(=O)c1ccccc1[s+]2-c1ccc(-c2ccccc2)cc1. The molecule has 0 fully saturated rings. The maximum Gasteiger partial charge on any atom is 0.344 e. The van der Waals surface area contributed by atoms with Crippen molar-refractivity contribution in [2.24, 2.45) is 0 Å². The highest BCUT2D eigenvalue weighted by Crippen LogP contribution is 2.44. The minimum absolute atomic E-state index is 0.0384. The average Bonchev–Trinajstić information content (AvgIpc) is 3.02. The number of ether oxygens (including phenoxy) is 3. The van der Waals surface area contributed by atoms with Gasteiger partial charge in [-0.05, 0) is 72.5 Å². The number of hydrogen-bond acceptors (Lipinski definition) is 5. The first-order valence-electron chi connectivity index (χ1n) is 14.2. The molecule has 0 aliphatic carbocycles. The summed E-state index contributed by atoms with van der Waals surface area (Å²) in [6.07, 6.45) is 2.40. The molecule has 0 saturated carbocycles. The first kappa shape index (κ1) is 28.5. The van der Waals surface area contributed by atoms with Gasteiger partial charge < -0.3 is 14.2 Å². The minimum Gasteiger partial charge on any atom is -0.482 e. The highest BCUT2D eigenvalue weighted by molar-refractivity contribution is 7.49. The van der Waals surface area contributed by atoms with Gasteiger partial charge >= 0.3 is 5.97 Å². The number of rotatable bonds is 12. The fourth-order valence-electron chi connectivity index (χ4n) is 4.78. The normalized spacial score (nSPS) is 12.4. The molecular weight excluding hydrogens is 532 g/mol. The first-order valence-corrected chi connectivity index (χ1v) is 15.4. The summed E-state index contributed by atoms with van der Waals surface area (Å²) in [7, 11) is -0.460. The zero-order chi connectivity index (χ0) is 28.6. The van der Waals surface area contributed by atoms with Crippen molar-refractivity contribution in [2.45, 2.75) is 39.2 Å². The molecular formula is C35H35O5S+. The summed E-state index contributed by atoms with van der Waals surface area (Å²) in [6.45, 7) is 4.87. The van der Waals surface area contributed by atoms with E-state index in [4.69, 9.17) is 14.2 Å².